The average molecular weight is 1960 g/mol. The van der Waals surface area contributed by atoms with Gasteiger partial charge in [0, 0.05) is 80.5 Å². The average Bonchev–Trinajstić information content (AvgIpc) is 0.845. The molecule has 10 aromatic rings. The Morgan fingerprint density at radius 1 is 0.301 bits per heavy atom. The van der Waals surface area contributed by atoms with Gasteiger partial charge in [-0.05, 0) is 323 Å². The number of piperidine rings is 1. The van der Waals surface area contributed by atoms with Crippen LogP contribution in [-0.4, -0.2) is 85.4 Å². The van der Waals surface area contributed by atoms with Crippen molar-refractivity contribution >= 4 is 11.6 Å². The van der Waals surface area contributed by atoms with Crippen LogP contribution in [0.25, 0.3) is 0 Å². The third-order valence-electron chi connectivity index (χ3n) is 27.6. The molecule has 0 radical (unpaired) electrons. The third kappa shape index (κ3) is 48.1. The second-order valence-corrected chi connectivity index (χ2v) is 43.8. The highest BCUT2D eigenvalue weighted by Crippen LogP contribution is 2.35. The van der Waals surface area contributed by atoms with Crippen molar-refractivity contribution in [1.29, 1.82) is 0 Å². The van der Waals surface area contributed by atoms with Crippen molar-refractivity contribution in [3.05, 3.63) is 424 Å². The fraction of sp³-hybridized carbons (Fsp3) is 0.455. The van der Waals surface area contributed by atoms with E-state index in [1.54, 1.807) is 12.1 Å². The fourth-order valence-corrected chi connectivity index (χ4v) is 19.0. The molecule has 0 amide bonds. The van der Waals surface area contributed by atoms with E-state index in [1.165, 1.54) is 161 Å². The Labute approximate surface area is 872 Å². The van der Waals surface area contributed by atoms with Crippen molar-refractivity contribution in [2.45, 2.75) is 342 Å². The zero-order chi connectivity index (χ0) is 105. The van der Waals surface area contributed by atoms with Gasteiger partial charge in [-0.15, -0.1) is 0 Å². The molecule has 6 unspecified atom stereocenters. The zero-order valence-electron chi connectivity index (χ0n) is 92.8. The number of morpholine rings is 1. The van der Waals surface area contributed by atoms with Crippen molar-refractivity contribution in [3.8, 4) is 0 Å². The summed E-state index contributed by atoms with van der Waals surface area (Å²) in [5, 5.41) is 15.4. The highest BCUT2D eigenvalue weighted by atomic mass is 35.5. The quantitative estimate of drug-likeness (QED) is 0.0286. The summed E-state index contributed by atoms with van der Waals surface area (Å²) in [5.41, 5.74) is 30.0. The van der Waals surface area contributed by atoms with E-state index in [0.717, 1.165) is 106 Å². The van der Waals surface area contributed by atoms with Crippen molar-refractivity contribution in [2.75, 3.05) is 39.4 Å². The smallest absolute Gasteiger partial charge is 0.379 e. The predicted octanol–water partition coefficient (Wildman–Crippen LogP) is 34.8. The van der Waals surface area contributed by atoms with Crippen molar-refractivity contribution in [2.24, 2.45) is 11.8 Å². The molecule has 143 heavy (non-hydrogen) atoms. The van der Waals surface area contributed by atoms with E-state index in [0.29, 0.717) is 72.3 Å². The summed E-state index contributed by atoms with van der Waals surface area (Å²) in [5.74, 6) is 4.91. The molecule has 2 heterocycles. The van der Waals surface area contributed by atoms with Gasteiger partial charge in [0.15, 0.2) is 0 Å². The number of alkyl halides is 3. The lowest BCUT2D eigenvalue weighted by Crippen LogP contribution is -2.43. The van der Waals surface area contributed by atoms with Crippen LogP contribution < -0.4 is 21.3 Å². The second-order valence-electron chi connectivity index (χ2n) is 43.4. The lowest BCUT2D eigenvalue weighted by atomic mass is 9.85. The summed E-state index contributed by atoms with van der Waals surface area (Å²) in [6.07, 6.45) is 19.2. The topological polar surface area (TPSA) is 63.8 Å². The number of aryl methyl sites for hydroxylation is 7. The van der Waals surface area contributed by atoms with E-state index in [9.17, 15) is 13.2 Å². The largest absolute Gasteiger partial charge is 0.416 e. The van der Waals surface area contributed by atoms with Gasteiger partial charge in [0.05, 0.1) is 18.8 Å². The van der Waals surface area contributed by atoms with Gasteiger partial charge in [-0.2, -0.15) is 13.2 Å². The summed E-state index contributed by atoms with van der Waals surface area (Å²) in [6, 6.07) is 88.7. The minimum absolute atomic E-state index is 0.161. The van der Waals surface area contributed by atoms with Gasteiger partial charge < -0.3 is 26.0 Å². The molecule has 774 valence electrons. The molecule has 2 aliphatic rings. The van der Waals surface area contributed by atoms with Crippen molar-refractivity contribution < 1.29 is 17.9 Å². The number of hydrogen-bond acceptors (Lipinski definition) is 7. The number of ether oxygens (including phenoxy) is 1. The van der Waals surface area contributed by atoms with Gasteiger partial charge in [0.1, 0.15) is 0 Å². The number of hydrogen-bond donors (Lipinski definition) is 4. The van der Waals surface area contributed by atoms with Crippen LogP contribution in [0.2, 0.25) is 5.02 Å². The van der Waals surface area contributed by atoms with Gasteiger partial charge in [0.2, 0.25) is 0 Å². The molecular formula is C132H182ClF3N6O. The number of benzene rings is 10. The summed E-state index contributed by atoms with van der Waals surface area (Å²) >= 11 is 5.96. The number of nitrogens with zero attached hydrogens (tertiary/aromatic N) is 2. The Morgan fingerprint density at radius 3 is 0.769 bits per heavy atom. The first-order valence-corrected chi connectivity index (χ1v) is 53.7. The molecule has 2 saturated heterocycles. The number of nitrogens with one attached hydrogen (secondary N) is 4. The molecule has 0 bridgehead atoms. The molecule has 12 atom stereocenters. The number of likely N-dealkylation sites (tertiary alicyclic amines) is 1. The fourth-order valence-electron chi connectivity index (χ4n) is 18.8. The summed E-state index contributed by atoms with van der Waals surface area (Å²) in [4.78, 5) is 5.30. The normalized spacial score (nSPS) is 15.3. The number of rotatable bonds is 39. The first kappa shape index (κ1) is 120. The highest BCUT2D eigenvalue weighted by molar-refractivity contribution is 6.30. The molecule has 2 fully saturated rings. The maximum absolute atomic E-state index is 12.7. The summed E-state index contributed by atoms with van der Waals surface area (Å²) in [7, 11) is 0. The Morgan fingerprint density at radius 2 is 0.524 bits per heavy atom. The Bertz CT molecular complexity index is 5250. The van der Waals surface area contributed by atoms with Crippen LogP contribution >= 0.6 is 11.6 Å². The molecular weight excluding hydrogens is 1780 g/mol. The zero-order valence-corrected chi connectivity index (χ0v) is 93.5. The Kier molecular flexibility index (Phi) is 53.7. The first-order valence-electron chi connectivity index (χ1n) is 53.3. The minimum atomic E-state index is -4.29. The molecule has 0 aliphatic carbocycles. The Balaban J connectivity index is 0.000000233. The molecule has 7 nitrogen and oxygen atoms in total. The first-order chi connectivity index (χ1) is 68.0. The van der Waals surface area contributed by atoms with E-state index in [4.69, 9.17) is 16.3 Å². The predicted molar refractivity (Wildman–Crippen MR) is 614 cm³/mol. The van der Waals surface area contributed by atoms with E-state index >= 15 is 0 Å². The van der Waals surface area contributed by atoms with E-state index < -0.39 is 11.7 Å². The second kappa shape index (κ2) is 63.8. The van der Waals surface area contributed by atoms with E-state index in [2.05, 4.69) is 467 Å². The number of halogens is 4. The van der Waals surface area contributed by atoms with Gasteiger partial charge in [0.25, 0.3) is 0 Å². The minimum Gasteiger partial charge on any atom is -0.379 e. The monoisotopic (exact) mass is 1960 g/mol. The lowest BCUT2D eigenvalue weighted by molar-refractivity contribution is -0.137. The molecule has 4 N–H and O–H groups in total. The van der Waals surface area contributed by atoms with Crippen LogP contribution in [0.1, 0.15) is 325 Å². The number of allylic oxidation sites excluding steroid dienone is 6. The maximum atomic E-state index is 12.7. The molecule has 11 heteroatoms. The SMILES string of the molecule is CC(C)=CC(C[C@H](C)c1ccc(C)cc1)N1CCC(C(C)C)CC1.CC(C)=CC(C[C@H](C)c1ccc(C)cc1)N1CCOCC1.CC(C)=CC(C[C@H](C)c1ccc(C)cc1)NCc1ccc(C(F)(F)F)cc1.CC(C)=CC(C[C@H](C)c1ccc(C)cc1)NCc1ccc(C)cc1.CC(C)=CC(C[C@H](C)c1ccc(C)cc1)NCc1ccc(Cl)cc1.CC(C)=CC(C[C@H](C)c1ccc(C)cc1)NCc1ccccc1. The summed E-state index contributed by atoms with van der Waals surface area (Å²) < 4.78 is 43.5. The van der Waals surface area contributed by atoms with Crippen LogP contribution in [0.15, 0.2) is 319 Å². The molecule has 0 aromatic heterocycles. The summed E-state index contributed by atoms with van der Waals surface area (Å²) in [6.45, 7) is 69.2. The van der Waals surface area contributed by atoms with E-state index in [1.807, 2.05) is 12.1 Å². The van der Waals surface area contributed by atoms with Crippen LogP contribution in [-0.2, 0) is 37.1 Å². The van der Waals surface area contributed by atoms with Crippen molar-refractivity contribution in [3.63, 3.8) is 0 Å². The van der Waals surface area contributed by atoms with Crippen molar-refractivity contribution in [1.82, 2.24) is 31.1 Å². The molecule has 12 rings (SSSR count). The third-order valence-corrected chi connectivity index (χ3v) is 27.9. The molecule has 10 aromatic carbocycles. The van der Waals surface area contributed by atoms with Gasteiger partial charge in [-0.3, -0.25) is 9.80 Å². The standard InChI is InChI=1S/C23H28F3N.C23H31N.C23H37N.C22H28ClN.C22H29N.C19H29NO/c1-16(2)13-22(14-18(4)20-9-5-17(3)6-10-20)27-15-19-7-11-21(12-8-19)23(24,25)26;1-17(2)14-23(24-16-21-10-6-18(3)7-11-21)15-20(5)22-12-8-19(4)9-13-22;1-17(2)15-23(24-13-11-21(12-14-24)18(3)4)16-20(6)22-9-7-19(5)8-10-22;1-16(2)13-22(24-15-19-7-11-21(23)12-8-19)14-18(4)20-9-5-17(3)6-10-20;1-17(2)14-22(23-16-20-8-6-5-7-9-20)15-19(4)21-12-10-18(3)11-13-21;1-15(2)13-19(20-9-11-21-12-10-20)14-17(4)18-7-5-16(3)6-8-18/h5-13,18,22,27H,14-15H2,1-4H3;6-14,20,23-24H,15-16H2,1-5H3;7-10,15,18,20-21,23H,11-14,16H2,1-6H3;5-13,18,22,24H,14-15H2,1-4H3;5-14,19,22-23H,15-16H2,1-4H3;5-8,13,17,19H,9-12,14H2,1-4H3/t18-,22?;2*20-,23?;18-,22?;19-,22?;17-,19?/m000000/s1. The maximum Gasteiger partial charge on any atom is 0.416 e. The molecule has 0 saturated carbocycles. The van der Waals surface area contributed by atoms with Gasteiger partial charge in [-0.25, -0.2) is 0 Å². The van der Waals surface area contributed by atoms with Crippen LogP contribution in [0.4, 0.5) is 13.2 Å². The van der Waals surface area contributed by atoms with Crippen LogP contribution in [0, 0.1) is 60.3 Å². The lowest BCUT2D eigenvalue weighted by Gasteiger charge is -2.39. The molecule has 0 spiro atoms. The van der Waals surface area contributed by atoms with Gasteiger partial charge in [-0.1, -0.05) is 400 Å². The highest BCUT2D eigenvalue weighted by Gasteiger charge is 2.31. The van der Waals surface area contributed by atoms with Crippen LogP contribution in [0.3, 0.4) is 0 Å². The molecule has 2 aliphatic heterocycles. The van der Waals surface area contributed by atoms with E-state index in [-0.39, 0.29) is 6.04 Å². The van der Waals surface area contributed by atoms with Gasteiger partial charge >= 0.3 is 6.18 Å². The Hall–Kier alpha value is -9.56. The van der Waals surface area contributed by atoms with Crippen LogP contribution in [0.5, 0.6) is 0 Å².